The predicted octanol–water partition coefficient (Wildman–Crippen LogP) is 0.526. The van der Waals surface area contributed by atoms with Gasteiger partial charge in [-0.2, -0.15) is 8.42 Å². The number of hydrogen-bond donors (Lipinski definition) is 1. The predicted molar refractivity (Wildman–Crippen MR) is 49.3 cm³/mol. The van der Waals surface area contributed by atoms with Gasteiger partial charge in [0.1, 0.15) is 6.10 Å². The van der Waals surface area contributed by atoms with Crippen molar-refractivity contribution in [3.05, 3.63) is 12.2 Å². The summed E-state index contributed by atoms with van der Waals surface area (Å²) in [5.74, 6) is -1.86. The maximum Gasteiger partial charge on any atom is 0.323 e. The lowest BCUT2D eigenvalue weighted by atomic mass is 10.1. The lowest BCUT2D eigenvalue weighted by molar-refractivity contribution is -0.146. The molecule has 1 unspecified atom stereocenters. The van der Waals surface area contributed by atoms with Crippen LogP contribution in [-0.2, 0) is 19.6 Å². The molecule has 1 N–H and O–H groups in total. The summed E-state index contributed by atoms with van der Waals surface area (Å²) < 4.78 is 33.9. The fourth-order valence-corrected chi connectivity index (χ4v) is 1.61. The Kier molecular flexibility index (Phi) is 3.65. The molecule has 6 heteroatoms. The second-order valence-corrected chi connectivity index (χ2v) is 4.58. The molecule has 0 aliphatic heterocycles. The van der Waals surface area contributed by atoms with E-state index in [4.69, 9.17) is 9.29 Å². The van der Waals surface area contributed by atoms with E-state index in [-0.39, 0.29) is 6.10 Å². The highest BCUT2D eigenvalue weighted by Gasteiger charge is 2.19. The first-order chi connectivity index (χ1) is 6.47. The van der Waals surface area contributed by atoms with E-state index in [9.17, 15) is 13.2 Å². The van der Waals surface area contributed by atoms with Crippen molar-refractivity contribution in [3.8, 4) is 0 Å². The molecule has 0 aromatic carbocycles. The standard InChI is InChI=1S/C8H12O5S/c9-8(6-14(10,11)12)13-7-4-2-1-3-5-7/h1-2,7H,3-6H2,(H,10,11,12). The first-order valence-corrected chi connectivity index (χ1v) is 5.88. The molecule has 0 bridgehead atoms. The van der Waals surface area contributed by atoms with Crippen LogP contribution in [0.15, 0.2) is 12.2 Å². The van der Waals surface area contributed by atoms with Crippen LogP contribution in [0.5, 0.6) is 0 Å². The van der Waals surface area contributed by atoms with Crippen LogP contribution in [0.1, 0.15) is 19.3 Å². The van der Waals surface area contributed by atoms with Crippen LogP contribution in [0, 0.1) is 0 Å². The number of rotatable bonds is 3. The van der Waals surface area contributed by atoms with Gasteiger partial charge in [0, 0.05) is 6.42 Å². The van der Waals surface area contributed by atoms with Gasteiger partial charge in [0.25, 0.3) is 10.1 Å². The number of carbonyl (C=O) groups excluding carboxylic acids is 1. The minimum absolute atomic E-state index is 0.255. The van der Waals surface area contributed by atoms with Crippen molar-refractivity contribution >= 4 is 16.1 Å². The lowest BCUT2D eigenvalue weighted by Gasteiger charge is -2.17. The summed E-state index contributed by atoms with van der Waals surface area (Å²) in [5, 5.41) is 0. The van der Waals surface area contributed by atoms with Gasteiger partial charge in [-0.25, -0.2) is 0 Å². The quantitative estimate of drug-likeness (QED) is 0.426. The average Bonchev–Trinajstić information content (AvgIpc) is 2.02. The Morgan fingerprint density at radius 1 is 1.50 bits per heavy atom. The smallest absolute Gasteiger partial charge is 0.323 e. The monoisotopic (exact) mass is 220 g/mol. The Balaban J connectivity index is 2.37. The van der Waals surface area contributed by atoms with Crippen molar-refractivity contribution < 1.29 is 22.5 Å². The molecule has 1 atom stereocenters. The number of esters is 1. The Bertz CT molecular complexity index is 330. The van der Waals surface area contributed by atoms with Crippen molar-refractivity contribution in [2.24, 2.45) is 0 Å². The second-order valence-electron chi connectivity index (χ2n) is 3.12. The fourth-order valence-electron chi connectivity index (χ4n) is 1.24. The lowest BCUT2D eigenvalue weighted by Crippen LogP contribution is -2.24. The van der Waals surface area contributed by atoms with Crippen LogP contribution in [0.3, 0.4) is 0 Å². The topological polar surface area (TPSA) is 80.7 Å². The summed E-state index contributed by atoms with van der Waals surface area (Å²) in [4.78, 5) is 10.9. The number of ether oxygens (including phenoxy) is 1. The van der Waals surface area contributed by atoms with Crippen LogP contribution in [-0.4, -0.2) is 30.8 Å². The summed E-state index contributed by atoms with van der Waals surface area (Å²) in [7, 11) is -4.27. The van der Waals surface area contributed by atoms with Crippen LogP contribution < -0.4 is 0 Å². The highest BCUT2D eigenvalue weighted by Crippen LogP contribution is 2.14. The van der Waals surface area contributed by atoms with E-state index >= 15 is 0 Å². The summed E-state index contributed by atoms with van der Waals surface area (Å²) in [6.45, 7) is 0. The summed E-state index contributed by atoms with van der Waals surface area (Å²) in [6, 6.07) is 0. The molecule has 5 nitrogen and oxygen atoms in total. The molecule has 1 rings (SSSR count). The van der Waals surface area contributed by atoms with E-state index in [0.29, 0.717) is 12.8 Å². The van der Waals surface area contributed by atoms with E-state index in [1.54, 1.807) is 0 Å². The maximum absolute atomic E-state index is 10.9. The number of hydrogen-bond acceptors (Lipinski definition) is 4. The zero-order valence-corrected chi connectivity index (χ0v) is 8.37. The van der Waals surface area contributed by atoms with E-state index in [1.807, 2.05) is 12.2 Å². The molecule has 80 valence electrons. The van der Waals surface area contributed by atoms with Gasteiger partial charge in [-0.3, -0.25) is 9.35 Å². The molecule has 0 fully saturated rings. The molecule has 0 aromatic rings. The van der Waals surface area contributed by atoms with E-state index in [2.05, 4.69) is 0 Å². The van der Waals surface area contributed by atoms with Crippen LogP contribution >= 0.6 is 0 Å². The minimum atomic E-state index is -4.27. The van der Waals surface area contributed by atoms with Gasteiger partial charge in [0.15, 0.2) is 5.75 Å². The van der Waals surface area contributed by atoms with Gasteiger partial charge in [-0.05, 0) is 12.8 Å². The largest absolute Gasteiger partial charge is 0.461 e. The van der Waals surface area contributed by atoms with Gasteiger partial charge in [-0.1, -0.05) is 12.2 Å². The summed E-state index contributed by atoms with van der Waals surface area (Å²) >= 11 is 0. The van der Waals surface area contributed by atoms with Crippen LogP contribution in [0.2, 0.25) is 0 Å². The zero-order valence-electron chi connectivity index (χ0n) is 7.55. The third kappa shape index (κ3) is 4.38. The van der Waals surface area contributed by atoms with E-state index in [1.165, 1.54) is 0 Å². The first-order valence-electron chi connectivity index (χ1n) is 4.27. The molecule has 1 aliphatic carbocycles. The second kappa shape index (κ2) is 4.56. The molecular formula is C8H12O5S. The van der Waals surface area contributed by atoms with Gasteiger partial charge in [0.05, 0.1) is 0 Å². The molecule has 14 heavy (non-hydrogen) atoms. The summed E-state index contributed by atoms with van der Waals surface area (Å²) in [6.07, 6.45) is 5.74. The maximum atomic E-state index is 10.9. The van der Waals surface area contributed by atoms with Crippen molar-refractivity contribution in [3.63, 3.8) is 0 Å². The molecule has 0 radical (unpaired) electrons. The fraction of sp³-hybridized carbons (Fsp3) is 0.625. The van der Waals surface area contributed by atoms with Crippen molar-refractivity contribution in [1.29, 1.82) is 0 Å². The first kappa shape index (κ1) is 11.2. The molecule has 0 spiro atoms. The zero-order chi connectivity index (χ0) is 10.6. The molecule has 0 amide bonds. The van der Waals surface area contributed by atoms with Crippen LogP contribution in [0.4, 0.5) is 0 Å². The molecule has 0 aromatic heterocycles. The van der Waals surface area contributed by atoms with Crippen LogP contribution in [0.25, 0.3) is 0 Å². The van der Waals surface area contributed by atoms with E-state index in [0.717, 1.165) is 6.42 Å². The molecule has 1 aliphatic rings. The Labute approximate surface area is 82.5 Å². The van der Waals surface area contributed by atoms with Gasteiger partial charge >= 0.3 is 5.97 Å². The highest BCUT2D eigenvalue weighted by atomic mass is 32.2. The summed E-state index contributed by atoms with van der Waals surface area (Å²) in [5.41, 5.74) is 0. The third-order valence-corrected chi connectivity index (χ3v) is 2.42. The number of allylic oxidation sites excluding steroid dienone is 1. The minimum Gasteiger partial charge on any atom is -0.461 e. The molecule has 0 heterocycles. The Hall–Kier alpha value is -0.880. The van der Waals surface area contributed by atoms with Crippen molar-refractivity contribution in [2.45, 2.75) is 25.4 Å². The molecule has 0 saturated heterocycles. The van der Waals surface area contributed by atoms with Gasteiger partial charge in [0.2, 0.25) is 0 Å². The number of carbonyl (C=O) groups is 1. The third-order valence-electron chi connectivity index (χ3n) is 1.82. The average molecular weight is 220 g/mol. The SMILES string of the molecule is O=C(CS(=O)(=O)O)OC1CC=CCC1. The normalized spacial score (nSPS) is 21.9. The van der Waals surface area contributed by atoms with E-state index < -0.39 is 21.8 Å². The van der Waals surface area contributed by atoms with Gasteiger partial charge < -0.3 is 4.74 Å². The van der Waals surface area contributed by atoms with Crippen molar-refractivity contribution in [2.75, 3.05) is 5.75 Å². The van der Waals surface area contributed by atoms with Gasteiger partial charge in [-0.15, -0.1) is 0 Å². The molecular weight excluding hydrogens is 208 g/mol. The van der Waals surface area contributed by atoms with Crippen molar-refractivity contribution in [1.82, 2.24) is 0 Å². The molecule has 0 saturated carbocycles. The highest BCUT2D eigenvalue weighted by molar-refractivity contribution is 7.86. The Morgan fingerprint density at radius 2 is 2.21 bits per heavy atom. The Morgan fingerprint density at radius 3 is 2.71 bits per heavy atom.